The summed E-state index contributed by atoms with van der Waals surface area (Å²) in [6, 6.07) is 6.15. The topological polar surface area (TPSA) is 53.7 Å². The maximum Gasteiger partial charge on any atom is 0.161 e. The van der Waals surface area contributed by atoms with E-state index in [0.717, 1.165) is 24.3 Å². The third-order valence-electron chi connectivity index (χ3n) is 2.94. The molecule has 19 heavy (non-hydrogen) atoms. The molecule has 4 heteroatoms. The van der Waals surface area contributed by atoms with Crippen molar-refractivity contribution in [2.24, 2.45) is 5.73 Å². The first kappa shape index (κ1) is 15.8. The van der Waals surface area contributed by atoms with Crippen LogP contribution < -0.4 is 15.2 Å². The summed E-state index contributed by atoms with van der Waals surface area (Å²) >= 11 is 0. The highest BCUT2D eigenvalue weighted by atomic mass is 16.5. The predicted octanol–water partition coefficient (Wildman–Crippen LogP) is 2.39. The molecule has 0 aliphatic heterocycles. The van der Waals surface area contributed by atoms with Crippen LogP contribution in [-0.4, -0.2) is 33.0 Å². The first-order valence-electron chi connectivity index (χ1n) is 6.84. The van der Waals surface area contributed by atoms with E-state index >= 15 is 0 Å². The summed E-state index contributed by atoms with van der Waals surface area (Å²) in [5, 5.41) is 0. The van der Waals surface area contributed by atoms with Crippen molar-refractivity contribution in [3.05, 3.63) is 23.8 Å². The molecule has 0 amide bonds. The Morgan fingerprint density at radius 3 is 2.58 bits per heavy atom. The van der Waals surface area contributed by atoms with Crippen LogP contribution in [0.4, 0.5) is 0 Å². The Labute approximate surface area is 115 Å². The highest BCUT2D eigenvalue weighted by Crippen LogP contribution is 2.28. The summed E-state index contributed by atoms with van der Waals surface area (Å²) in [6.45, 7) is 5.87. The van der Waals surface area contributed by atoms with Crippen LogP contribution in [0.2, 0.25) is 0 Å². The van der Waals surface area contributed by atoms with E-state index in [4.69, 9.17) is 19.9 Å². The molecule has 1 aromatic carbocycles. The maximum absolute atomic E-state index is 5.96. The minimum absolute atomic E-state index is 0.189. The second-order valence-electron chi connectivity index (χ2n) is 4.40. The average molecular weight is 267 g/mol. The third-order valence-corrected chi connectivity index (χ3v) is 2.94. The summed E-state index contributed by atoms with van der Waals surface area (Å²) in [4.78, 5) is 0. The molecule has 0 saturated carbocycles. The number of methoxy groups -OCH3 is 1. The van der Waals surface area contributed by atoms with Crippen LogP contribution in [0.3, 0.4) is 0 Å². The summed E-state index contributed by atoms with van der Waals surface area (Å²) < 4.78 is 16.2. The monoisotopic (exact) mass is 267 g/mol. The van der Waals surface area contributed by atoms with Crippen molar-refractivity contribution in [3.63, 3.8) is 0 Å². The van der Waals surface area contributed by atoms with Crippen molar-refractivity contribution in [2.75, 3.05) is 26.9 Å². The number of benzene rings is 1. The summed E-state index contributed by atoms with van der Waals surface area (Å²) in [5.41, 5.74) is 7.13. The van der Waals surface area contributed by atoms with E-state index in [1.165, 1.54) is 5.56 Å². The van der Waals surface area contributed by atoms with Gasteiger partial charge in [-0.1, -0.05) is 13.0 Å². The standard InChI is InChI=1S/C15H25NO3/c1-4-13(16)10-12-6-7-14(15(11-12)17-3)19-9-8-18-5-2/h6-7,11,13H,4-5,8-10,16H2,1-3H3. The SMILES string of the molecule is CCOCCOc1ccc(CC(N)CC)cc1OC. The summed E-state index contributed by atoms with van der Waals surface area (Å²) in [6.07, 6.45) is 1.82. The molecule has 1 rings (SSSR count). The van der Waals surface area contributed by atoms with Gasteiger partial charge in [0.15, 0.2) is 11.5 Å². The Morgan fingerprint density at radius 2 is 1.95 bits per heavy atom. The quantitative estimate of drug-likeness (QED) is 0.698. The van der Waals surface area contributed by atoms with Gasteiger partial charge in [0.2, 0.25) is 0 Å². The van der Waals surface area contributed by atoms with Crippen molar-refractivity contribution >= 4 is 0 Å². The number of hydrogen-bond acceptors (Lipinski definition) is 4. The highest BCUT2D eigenvalue weighted by molar-refractivity contribution is 5.43. The van der Waals surface area contributed by atoms with Gasteiger partial charge in [-0.2, -0.15) is 0 Å². The zero-order valence-electron chi connectivity index (χ0n) is 12.1. The Kier molecular flexibility index (Phi) is 7.30. The minimum Gasteiger partial charge on any atom is -0.493 e. The minimum atomic E-state index is 0.189. The van der Waals surface area contributed by atoms with E-state index in [1.54, 1.807) is 7.11 Å². The normalized spacial score (nSPS) is 12.2. The van der Waals surface area contributed by atoms with Crippen molar-refractivity contribution < 1.29 is 14.2 Å². The van der Waals surface area contributed by atoms with Crippen LogP contribution in [-0.2, 0) is 11.2 Å². The van der Waals surface area contributed by atoms with Gasteiger partial charge < -0.3 is 19.9 Å². The lowest BCUT2D eigenvalue weighted by Gasteiger charge is -2.14. The molecule has 108 valence electrons. The zero-order chi connectivity index (χ0) is 14.1. The first-order valence-corrected chi connectivity index (χ1v) is 6.84. The van der Waals surface area contributed by atoms with E-state index in [1.807, 2.05) is 25.1 Å². The van der Waals surface area contributed by atoms with E-state index < -0.39 is 0 Å². The van der Waals surface area contributed by atoms with Gasteiger partial charge in [0, 0.05) is 12.6 Å². The molecule has 0 aliphatic carbocycles. The van der Waals surface area contributed by atoms with Crippen LogP contribution >= 0.6 is 0 Å². The number of ether oxygens (including phenoxy) is 3. The molecule has 1 unspecified atom stereocenters. The predicted molar refractivity (Wildman–Crippen MR) is 77.0 cm³/mol. The van der Waals surface area contributed by atoms with E-state index in [9.17, 15) is 0 Å². The van der Waals surface area contributed by atoms with Crippen LogP contribution in [0.25, 0.3) is 0 Å². The van der Waals surface area contributed by atoms with E-state index in [0.29, 0.717) is 19.8 Å². The number of rotatable bonds is 9. The highest BCUT2D eigenvalue weighted by Gasteiger charge is 2.08. The van der Waals surface area contributed by atoms with Crippen molar-refractivity contribution in [2.45, 2.75) is 32.7 Å². The number of nitrogens with two attached hydrogens (primary N) is 1. The fourth-order valence-corrected chi connectivity index (χ4v) is 1.76. The molecule has 4 nitrogen and oxygen atoms in total. The van der Waals surface area contributed by atoms with Gasteiger partial charge in [-0.05, 0) is 37.5 Å². The Balaban J connectivity index is 2.62. The van der Waals surface area contributed by atoms with E-state index in [2.05, 4.69) is 6.92 Å². The molecular formula is C15H25NO3. The molecule has 0 spiro atoms. The van der Waals surface area contributed by atoms with Gasteiger partial charge in [0.25, 0.3) is 0 Å². The molecule has 1 atom stereocenters. The van der Waals surface area contributed by atoms with Gasteiger partial charge >= 0.3 is 0 Å². The van der Waals surface area contributed by atoms with Crippen LogP contribution in [0.15, 0.2) is 18.2 Å². The molecule has 0 aliphatic rings. The van der Waals surface area contributed by atoms with Crippen LogP contribution in [0.5, 0.6) is 11.5 Å². The fraction of sp³-hybridized carbons (Fsp3) is 0.600. The molecule has 0 radical (unpaired) electrons. The molecule has 0 fully saturated rings. The summed E-state index contributed by atoms with van der Waals surface area (Å²) in [7, 11) is 1.65. The Morgan fingerprint density at radius 1 is 1.16 bits per heavy atom. The molecule has 0 bridgehead atoms. The fourth-order valence-electron chi connectivity index (χ4n) is 1.76. The lowest BCUT2D eigenvalue weighted by molar-refractivity contribution is 0.109. The van der Waals surface area contributed by atoms with Crippen LogP contribution in [0.1, 0.15) is 25.8 Å². The van der Waals surface area contributed by atoms with Crippen molar-refractivity contribution in [1.82, 2.24) is 0 Å². The Hall–Kier alpha value is -1.26. The van der Waals surface area contributed by atoms with Crippen LogP contribution in [0, 0.1) is 0 Å². The lowest BCUT2D eigenvalue weighted by Crippen LogP contribution is -2.21. The third kappa shape index (κ3) is 5.49. The molecule has 1 aromatic rings. The molecule has 0 aromatic heterocycles. The van der Waals surface area contributed by atoms with Gasteiger partial charge in [0.05, 0.1) is 13.7 Å². The Bertz CT molecular complexity index is 368. The molecule has 2 N–H and O–H groups in total. The molecular weight excluding hydrogens is 242 g/mol. The lowest BCUT2D eigenvalue weighted by atomic mass is 10.0. The van der Waals surface area contributed by atoms with Gasteiger partial charge in [-0.25, -0.2) is 0 Å². The second-order valence-corrected chi connectivity index (χ2v) is 4.40. The van der Waals surface area contributed by atoms with Gasteiger partial charge in [-0.3, -0.25) is 0 Å². The molecule has 0 heterocycles. The maximum atomic E-state index is 5.96. The summed E-state index contributed by atoms with van der Waals surface area (Å²) in [5.74, 6) is 1.49. The van der Waals surface area contributed by atoms with Crippen molar-refractivity contribution in [1.29, 1.82) is 0 Å². The second kappa shape index (κ2) is 8.77. The van der Waals surface area contributed by atoms with Gasteiger partial charge in [-0.15, -0.1) is 0 Å². The number of hydrogen-bond donors (Lipinski definition) is 1. The van der Waals surface area contributed by atoms with E-state index in [-0.39, 0.29) is 6.04 Å². The first-order chi connectivity index (χ1) is 9.21. The van der Waals surface area contributed by atoms with Gasteiger partial charge in [0.1, 0.15) is 6.61 Å². The van der Waals surface area contributed by atoms with Crippen molar-refractivity contribution in [3.8, 4) is 11.5 Å². The smallest absolute Gasteiger partial charge is 0.161 e. The molecule has 0 saturated heterocycles. The zero-order valence-corrected chi connectivity index (χ0v) is 12.1. The largest absolute Gasteiger partial charge is 0.493 e. The average Bonchev–Trinajstić information content (AvgIpc) is 2.44.